The van der Waals surface area contributed by atoms with Gasteiger partial charge in [-0.15, -0.1) is 0 Å². The Hall–Kier alpha value is -2.54. The highest BCUT2D eigenvalue weighted by molar-refractivity contribution is 5.82. The van der Waals surface area contributed by atoms with Gasteiger partial charge in [-0.25, -0.2) is 0 Å². The lowest BCUT2D eigenvalue weighted by Crippen LogP contribution is -2.49. The van der Waals surface area contributed by atoms with Crippen LogP contribution < -0.4 is 10.5 Å². The third-order valence-electron chi connectivity index (χ3n) is 6.71. The lowest BCUT2D eigenvalue weighted by atomic mass is 9.91. The zero-order chi connectivity index (χ0) is 24.9. The molecule has 0 amide bonds. The van der Waals surface area contributed by atoms with Crippen molar-refractivity contribution in [3.63, 3.8) is 0 Å². The Morgan fingerprint density at radius 3 is 2.59 bits per heavy atom. The zero-order valence-electron chi connectivity index (χ0n) is 20.6. The van der Waals surface area contributed by atoms with E-state index in [-0.39, 0.29) is 6.42 Å². The Morgan fingerprint density at radius 1 is 1.18 bits per heavy atom. The van der Waals surface area contributed by atoms with Crippen LogP contribution in [0.1, 0.15) is 60.5 Å². The summed E-state index contributed by atoms with van der Waals surface area (Å²) in [6.07, 6.45) is -1.96. The van der Waals surface area contributed by atoms with Gasteiger partial charge in [0.05, 0.1) is 18.0 Å². The molecule has 7 heteroatoms. The number of ether oxygens (including phenoxy) is 1. The smallest absolute Gasteiger partial charge is 0.416 e. The van der Waals surface area contributed by atoms with Crippen LogP contribution in [0.5, 0.6) is 5.75 Å². The van der Waals surface area contributed by atoms with Gasteiger partial charge in [-0.1, -0.05) is 37.6 Å². The van der Waals surface area contributed by atoms with E-state index in [1.165, 1.54) is 22.8 Å². The molecule has 1 fully saturated rings. The Morgan fingerprint density at radius 2 is 1.91 bits per heavy atom. The Balaban J connectivity index is 1.51. The van der Waals surface area contributed by atoms with Gasteiger partial charge < -0.3 is 10.5 Å². The first-order valence-corrected chi connectivity index (χ1v) is 12.0. The summed E-state index contributed by atoms with van der Waals surface area (Å²) in [4.78, 5) is 6.87. The number of hydrogen-bond donors (Lipinski definition) is 1. The van der Waals surface area contributed by atoms with Crippen molar-refractivity contribution in [1.82, 2.24) is 4.90 Å². The van der Waals surface area contributed by atoms with E-state index >= 15 is 0 Å². The van der Waals surface area contributed by atoms with Crippen LogP contribution in [0.25, 0.3) is 0 Å². The van der Waals surface area contributed by atoms with Gasteiger partial charge in [-0.05, 0) is 61.6 Å². The summed E-state index contributed by atoms with van der Waals surface area (Å²) in [5, 5.41) is 0. The number of amidine groups is 1. The van der Waals surface area contributed by atoms with E-state index in [9.17, 15) is 13.2 Å². The molecule has 4 nitrogen and oxygen atoms in total. The zero-order valence-corrected chi connectivity index (χ0v) is 20.6. The molecule has 1 saturated heterocycles. The van der Waals surface area contributed by atoms with Crippen LogP contribution in [-0.4, -0.2) is 37.0 Å². The molecule has 3 rings (SSSR count). The first-order valence-electron chi connectivity index (χ1n) is 12.0. The Labute approximate surface area is 201 Å². The molecule has 2 aromatic rings. The number of benzene rings is 2. The van der Waals surface area contributed by atoms with Gasteiger partial charge >= 0.3 is 6.18 Å². The number of halogens is 3. The third kappa shape index (κ3) is 6.53. The number of nitrogens with zero attached hydrogens (tertiary/aromatic N) is 2. The molecule has 1 aliphatic heterocycles. The summed E-state index contributed by atoms with van der Waals surface area (Å²) < 4.78 is 44.6. The number of hydrogen-bond acceptors (Lipinski definition) is 3. The van der Waals surface area contributed by atoms with Crippen LogP contribution in [0.4, 0.5) is 13.2 Å². The summed E-state index contributed by atoms with van der Waals surface area (Å²) in [7, 11) is 0. The second-order valence-electron chi connectivity index (χ2n) is 9.31. The minimum absolute atomic E-state index is 0.224. The van der Waals surface area contributed by atoms with Crippen LogP contribution >= 0.6 is 0 Å². The van der Waals surface area contributed by atoms with Gasteiger partial charge in [0.15, 0.2) is 0 Å². The second-order valence-corrected chi connectivity index (χ2v) is 9.31. The molecular formula is C27H36F3N3O. The minimum Gasteiger partial charge on any atom is -0.493 e. The van der Waals surface area contributed by atoms with Crippen molar-refractivity contribution in [3.8, 4) is 5.75 Å². The van der Waals surface area contributed by atoms with Crippen LogP contribution in [0.15, 0.2) is 41.4 Å². The fourth-order valence-corrected chi connectivity index (χ4v) is 4.36. The van der Waals surface area contributed by atoms with Crippen molar-refractivity contribution in [2.45, 2.75) is 59.2 Å². The Kier molecular flexibility index (Phi) is 8.63. The van der Waals surface area contributed by atoms with Crippen molar-refractivity contribution in [3.05, 3.63) is 64.2 Å². The van der Waals surface area contributed by atoms with Crippen LogP contribution in [0, 0.1) is 19.8 Å². The molecule has 0 saturated carbocycles. The average molecular weight is 476 g/mol. The lowest BCUT2D eigenvalue weighted by molar-refractivity contribution is -0.137. The van der Waals surface area contributed by atoms with Crippen LogP contribution in [0.2, 0.25) is 0 Å². The standard InChI is InChI=1S/C27H36F3N3O/c1-5-6-12-34-25-11-10-24(18(2)19(25)3)20(4)33-16-22(17-33)15-32-26(31)14-21-8-7-9-23(13-21)27(28,29)30/h7-11,13,20,22H,5-6,12,14-17H2,1-4H3,(H2,31,32). The highest BCUT2D eigenvalue weighted by Gasteiger charge is 2.32. The number of unbranched alkanes of at least 4 members (excludes halogenated alkanes) is 1. The number of nitrogens with two attached hydrogens (primary N) is 1. The maximum absolute atomic E-state index is 12.9. The molecule has 1 atom stereocenters. The summed E-state index contributed by atoms with van der Waals surface area (Å²) in [6, 6.07) is 9.81. The molecule has 34 heavy (non-hydrogen) atoms. The van der Waals surface area contributed by atoms with E-state index in [2.05, 4.69) is 49.7 Å². The number of alkyl halides is 3. The van der Waals surface area contributed by atoms with Crippen molar-refractivity contribution in [2.75, 3.05) is 26.2 Å². The first kappa shape index (κ1) is 26.1. The van der Waals surface area contributed by atoms with Crippen molar-refractivity contribution >= 4 is 5.84 Å². The normalized spacial score (nSPS) is 16.4. The van der Waals surface area contributed by atoms with Crippen molar-refractivity contribution in [2.24, 2.45) is 16.6 Å². The molecule has 1 aliphatic rings. The second kappa shape index (κ2) is 11.3. The first-order chi connectivity index (χ1) is 16.1. The molecule has 0 radical (unpaired) electrons. The number of rotatable bonds is 10. The van der Waals surface area contributed by atoms with Gasteiger partial charge in [0.25, 0.3) is 0 Å². The van der Waals surface area contributed by atoms with Gasteiger partial charge in [0.1, 0.15) is 5.75 Å². The summed E-state index contributed by atoms with van der Waals surface area (Å²) in [6.45, 7) is 11.8. The molecule has 186 valence electrons. The summed E-state index contributed by atoms with van der Waals surface area (Å²) in [5.41, 5.74) is 9.66. The van der Waals surface area contributed by atoms with Crippen molar-refractivity contribution < 1.29 is 17.9 Å². The van der Waals surface area contributed by atoms with E-state index < -0.39 is 11.7 Å². The molecule has 0 aliphatic carbocycles. The fourth-order valence-electron chi connectivity index (χ4n) is 4.36. The van der Waals surface area contributed by atoms with Crippen molar-refractivity contribution in [1.29, 1.82) is 0 Å². The summed E-state index contributed by atoms with van der Waals surface area (Å²) in [5.74, 6) is 1.74. The fraction of sp³-hybridized carbons (Fsp3) is 0.519. The quantitative estimate of drug-likeness (QED) is 0.257. The maximum Gasteiger partial charge on any atom is 0.416 e. The van der Waals surface area contributed by atoms with Gasteiger partial charge in [0, 0.05) is 38.0 Å². The molecule has 1 unspecified atom stereocenters. The average Bonchev–Trinajstić information content (AvgIpc) is 2.75. The molecule has 0 aromatic heterocycles. The van der Waals surface area contributed by atoms with E-state index in [4.69, 9.17) is 10.5 Å². The topological polar surface area (TPSA) is 50.8 Å². The van der Waals surface area contributed by atoms with E-state index in [1.807, 2.05) is 0 Å². The number of likely N-dealkylation sites (tertiary alicyclic amines) is 1. The third-order valence-corrected chi connectivity index (χ3v) is 6.71. The minimum atomic E-state index is -4.35. The van der Waals surface area contributed by atoms with Gasteiger partial charge in [-0.2, -0.15) is 13.2 Å². The monoisotopic (exact) mass is 475 g/mol. The predicted molar refractivity (Wildman–Crippen MR) is 131 cm³/mol. The SMILES string of the molecule is CCCCOc1ccc(C(C)N2CC(CN=C(N)Cc3cccc(C(F)(F)F)c3)C2)c(C)c1C. The van der Waals surface area contributed by atoms with Crippen LogP contribution in [-0.2, 0) is 12.6 Å². The maximum atomic E-state index is 12.9. The highest BCUT2D eigenvalue weighted by Crippen LogP contribution is 2.34. The molecule has 0 bridgehead atoms. The highest BCUT2D eigenvalue weighted by atomic mass is 19.4. The van der Waals surface area contributed by atoms with Gasteiger partial charge in [0.2, 0.25) is 0 Å². The molecule has 2 aromatic carbocycles. The summed E-state index contributed by atoms with van der Waals surface area (Å²) >= 11 is 0. The van der Waals surface area contributed by atoms with Crippen LogP contribution in [0.3, 0.4) is 0 Å². The van der Waals surface area contributed by atoms with E-state index in [0.29, 0.717) is 29.9 Å². The Bertz CT molecular complexity index is 997. The molecule has 1 heterocycles. The largest absolute Gasteiger partial charge is 0.493 e. The lowest BCUT2D eigenvalue weighted by Gasteiger charge is -2.43. The van der Waals surface area contributed by atoms with E-state index in [0.717, 1.165) is 50.4 Å². The number of aliphatic imine (C=N–C) groups is 1. The van der Waals surface area contributed by atoms with Gasteiger partial charge in [-0.3, -0.25) is 9.89 Å². The van der Waals surface area contributed by atoms with E-state index in [1.54, 1.807) is 6.07 Å². The molecule has 2 N–H and O–H groups in total. The predicted octanol–water partition coefficient (Wildman–Crippen LogP) is 6.09. The molecular weight excluding hydrogens is 439 g/mol. The molecule has 0 spiro atoms.